The van der Waals surface area contributed by atoms with Crippen LogP contribution in [0.15, 0.2) is 48.5 Å². The van der Waals surface area contributed by atoms with E-state index in [0.29, 0.717) is 28.7 Å². The third kappa shape index (κ3) is 3.49. The molecule has 0 atom stereocenters. The van der Waals surface area contributed by atoms with Crippen molar-refractivity contribution < 1.29 is 9.59 Å². The second kappa shape index (κ2) is 6.60. The van der Waals surface area contributed by atoms with E-state index in [2.05, 4.69) is 0 Å². The van der Waals surface area contributed by atoms with Gasteiger partial charge >= 0.3 is 0 Å². The molecule has 2 aromatic carbocycles. The summed E-state index contributed by atoms with van der Waals surface area (Å²) in [4.78, 5) is 28.0. The van der Waals surface area contributed by atoms with Gasteiger partial charge in [0, 0.05) is 34.4 Å². The Morgan fingerprint density at radius 3 is 2.30 bits per heavy atom. The van der Waals surface area contributed by atoms with Crippen LogP contribution in [0.5, 0.6) is 0 Å². The molecular formula is C17H14Cl2N2O2. The maximum Gasteiger partial charge on any atom is 0.254 e. The molecule has 0 spiro atoms. The summed E-state index contributed by atoms with van der Waals surface area (Å²) in [6.45, 7) is 0.937. The number of carbonyl (C=O) groups excluding carboxylic acids is 2. The van der Waals surface area contributed by atoms with Crippen molar-refractivity contribution in [2.45, 2.75) is 0 Å². The lowest BCUT2D eigenvalue weighted by molar-refractivity contribution is -0.120. The Hall–Kier alpha value is -2.04. The van der Waals surface area contributed by atoms with E-state index in [9.17, 15) is 9.59 Å². The predicted molar refractivity (Wildman–Crippen MR) is 91.2 cm³/mol. The summed E-state index contributed by atoms with van der Waals surface area (Å²) in [6, 6.07) is 13.9. The second-order valence-corrected chi connectivity index (χ2v) is 6.14. The average molecular weight is 349 g/mol. The van der Waals surface area contributed by atoms with Crippen molar-refractivity contribution in [3.8, 4) is 0 Å². The fourth-order valence-corrected chi connectivity index (χ4v) is 2.94. The molecule has 4 nitrogen and oxygen atoms in total. The summed E-state index contributed by atoms with van der Waals surface area (Å²) in [5.74, 6) is -0.319. The number of amides is 2. The molecule has 118 valence electrons. The van der Waals surface area contributed by atoms with Gasteiger partial charge in [0.1, 0.15) is 6.54 Å². The molecule has 2 amide bonds. The molecule has 1 aliphatic rings. The smallest absolute Gasteiger partial charge is 0.254 e. The molecule has 1 fully saturated rings. The van der Waals surface area contributed by atoms with Crippen molar-refractivity contribution >= 4 is 40.7 Å². The van der Waals surface area contributed by atoms with Gasteiger partial charge < -0.3 is 9.80 Å². The molecule has 0 saturated carbocycles. The summed E-state index contributed by atoms with van der Waals surface area (Å²) in [6.07, 6.45) is 0. The Balaban J connectivity index is 1.73. The predicted octanol–water partition coefficient (Wildman–Crippen LogP) is 3.48. The van der Waals surface area contributed by atoms with E-state index in [0.717, 1.165) is 5.69 Å². The summed E-state index contributed by atoms with van der Waals surface area (Å²) in [7, 11) is 0. The highest BCUT2D eigenvalue weighted by atomic mass is 35.5. The van der Waals surface area contributed by atoms with Gasteiger partial charge in [0.25, 0.3) is 5.91 Å². The quantitative estimate of drug-likeness (QED) is 0.833. The van der Waals surface area contributed by atoms with Crippen LogP contribution in [0, 0.1) is 0 Å². The van der Waals surface area contributed by atoms with E-state index in [4.69, 9.17) is 23.2 Å². The Morgan fingerprint density at radius 2 is 1.65 bits per heavy atom. The normalized spacial score (nSPS) is 15.0. The standard InChI is InChI=1S/C17H14Cl2N2O2/c18-13-4-1-3-12(9-13)17(23)20-7-8-21(16(22)11-20)15-6-2-5-14(19)10-15/h1-6,9-10H,7-8,11H2. The van der Waals surface area contributed by atoms with Crippen LogP contribution < -0.4 is 4.90 Å². The van der Waals surface area contributed by atoms with Crippen LogP contribution >= 0.6 is 23.2 Å². The first-order valence-corrected chi connectivity index (χ1v) is 7.91. The molecule has 23 heavy (non-hydrogen) atoms. The highest BCUT2D eigenvalue weighted by Crippen LogP contribution is 2.22. The second-order valence-electron chi connectivity index (χ2n) is 5.26. The van der Waals surface area contributed by atoms with E-state index in [1.807, 2.05) is 6.07 Å². The molecule has 0 bridgehead atoms. The van der Waals surface area contributed by atoms with Gasteiger partial charge in [0.05, 0.1) is 0 Å². The van der Waals surface area contributed by atoms with Crippen molar-refractivity contribution in [3.63, 3.8) is 0 Å². The molecule has 2 aromatic rings. The van der Waals surface area contributed by atoms with Gasteiger partial charge in [-0.1, -0.05) is 35.3 Å². The molecule has 1 saturated heterocycles. The van der Waals surface area contributed by atoms with Crippen LogP contribution in [0.4, 0.5) is 5.69 Å². The minimum atomic E-state index is -0.188. The van der Waals surface area contributed by atoms with Gasteiger partial charge in [-0.2, -0.15) is 0 Å². The van der Waals surface area contributed by atoms with Gasteiger partial charge in [-0.3, -0.25) is 9.59 Å². The maximum atomic E-state index is 12.5. The topological polar surface area (TPSA) is 40.6 Å². The molecule has 6 heteroatoms. The monoisotopic (exact) mass is 348 g/mol. The van der Waals surface area contributed by atoms with E-state index in [1.165, 1.54) is 4.90 Å². The first kappa shape index (κ1) is 15.8. The number of hydrogen-bond donors (Lipinski definition) is 0. The molecular weight excluding hydrogens is 335 g/mol. The number of rotatable bonds is 2. The largest absolute Gasteiger partial charge is 0.328 e. The summed E-state index contributed by atoms with van der Waals surface area (Å²) < 4.78 is 0. The lowest BCUT2D eigenvalue weighted by atomic mass is 10.1. The zero-order valence-electron chi connectivity index (χ0n) is 12.2. The molecule has 0 aromatic heterocycles. The fourth-order valence-electron chi connectivity index (χ4n) is 2.57. The van der Waals surface area contributed by atoms with Crippen LogP contribution in [0.1, 0.15) is 10.4 Å². The summed E-state index contributed by atoms with van der Waals surface area (Å²) in [5, 5.41) is 1.08. The van der Waals surface area contributed by atoms with Gasteiger partial charge in [-0.15, -0.1) is 0 Å². The van der Waals surface area contributed by atoms with Crippen molar-refractivity contribution in [2.24, 2.45) is 0 Å². The Kier molecular flexibility index (Phi) is 4.55. The van der Waals surface area contributed by atoms with Gasteiger partial charge in [0.2, 0.25) is 5.91 Å². The fraction of sp³-hybridized carbons (Fsp3) is 0.176. The minimum absolute atomic E-state index is 0.0395. The van der Waals surface area contributed by atoms with Gasteiger partial charge in [-0.05, 0) is 36.4 Å². The van der Waals surface area contributed by atoms with Crippen LogP contribution in [-0.4, -0.2) is 36.3 Å². The molecule has 1 aliphatic heterocycles. The Morgan fingerprint density at radius 1 is 0.957 bits per heavy atom. The van der Waals surface area contributed by atoms with Crippen LogP contribution in [0.25, 0.3) is 0 Å². The molecule has 0 radical (unpaired) electrons. The van der Waals surface area contributed by atoms with E-state index in [-0.39, 0.29) is 18.4 Å². The lowest BCUT2D eigenvalue weighted by Gasteiger charge is -2.34. The number of hydrogen-bond acceptors (Lipinski definition) is 2. The highest BCUT2D eigenvalue weighted by Gasteiger charge is 2.28. The SMILES string of the molecule is O=C(c1cccc(Cl)c1)N1CCN(c2cccc(Cl)c2)C(=O)C1. The molecule has 3 rings (SSSR count). The van der Waals surface area contributed by atoms with Crippen molar-refractivity contribution in [2.75, 3.05) is 24.5 Å². The number of nitrogens with zero attached hydrogens (tertiary/aromatic N) is 2. The van der Waals surface area contributed by atoms with Crippen LogP contribution in [0.2, 0.25) is 10.0 Å². The Bertz CT molecular complexity index is 764. The van der Waals surface area contributed by atoms with Crippen molar-refractivity contribution in [1.82, 2.24) is 4.90 Å². The van der Waals surface area contributed by atoms with E-state index in [1.54, 1.807) is 47.4 Å². The highest BCUT2D eigenvalue weighted by molar-refractivity contribution is 6.31. The first-order valence-electron chi connectivity index (χ1n) is 7.15. The molecule has 0 aliphatic carbocycles. The zero-order chi connectivity index (χ0) is 16.4. The van der Waals surface area contributed by atoms with Gasteiger partial charge in [0.15, 0.2) is 0 Å². The van der Waals surface area contributed by atoms with E-state index >= 15 is 0 Å². The molecule has 1 heterocycles. The summed E-state index contributed by atoms with van der Waals surface area (Å²) in [5.41, 5.74) is 1.24. The first-order chi connectivity index (χ1) is 11.0. The van der Waals surface area contributed by atoms with Crippen molar-refractivity contribution in [3.05, 3.63) is 64.1 Å². The molecule has 0 unspecified atom stereocenters. The average Bonchev–Trinajstić information content (AvgIpc) is 2.54. The van der Waals surface area contributed by atoms with Crippen LogP contribution in [-0.2, 0) is 4.79 Å². The molecule has 0 N–H and O–H groups in total. The number of halogens is 2. The minimum Gasteiger partial charge on any atom is -0.328 e. The zero-order valence-corrected chi connectivity index (χ0v) is 13.7. The van der Waals surface area contributed by atoms with Crippen molar-refractivity contribution in [1.29, 1.82) is 0 Å². The lowest BCUT2D eigenvalue weighted by Crippen LogP contribution is -2.52. The van der Waals surface area contributed by atoms with E-state index < -0.39 is 0 Å². The number of piperazine rings is 1. The number of benzene rings is 2. The Labute approximate surface area is 144 Å². The number of carbonyl (C=O) groups is 2. The van der Waals surface area contributed by atoms with Crippen LogP contribution in [0.3, 0.4) is 0 Å². The number of anilines is 1. The third-order valence-electron chi connectivity index (χ3n) is 3.70. The summed E-state index contributed by atoms with van der Waals surface area (Å²) >= 11 is 11.9. The van der Waals surface area contributed by atoms with Gasteiger partial charge in [-0.25, -0.2) is 0 Å². The third-order valence-corrected chi connectivity index (χ3v) is 4.17. The maximum absolute atomic E-state index is 12.5.